The Kier molecular flexibility index (Phi) is 3.78. The van der Waals surface area contributed by atoms with E-state index in [1.54, 1.807) is 24.3 Å². The second-order valence-corrected chi connectivity index (χ2v) is 5.22. The molecule has 1 aliphatic carbocycles. The zero-order valence-corrected chi connectivity index (χ0v) is 11.7. The van der Waals surface area contributed by atoms with Crippen molar-refractivity contribution in [3.63, 3.8) is 0 Å². The molecular weight excluding hydrogens is 282 g/mol. The van der Waals surface area contributed by atoms with Crippen LogP contribution in [0, 0.1) is 11.8 Å². The van der Waals surface area contributed by atoms with Gasteiger partial charge < -0.3 is 15.2 Å². The predicted molar refractivity (Wildman–Crippen MR) is 80.8 cm³/mol. The molecule has 1 saturated carbocycles. The molecule has 0 spiro atoms. The SMILES string of the molecule is O=C(O)[C@H]1C[C@@H]1C(=O)Nc1ccc(Oc2ccccc2)cc1. The summed E-state index contributed by atoms with van der Waals surface area (Å²) < 4.78 is 5.66. The summed E-state index contributed by atoms with van der Waals surface area (Å²) in [5.74, 6) is -0.713. The molecule has 0 radical (unpaired) electrons. The van der Waals surface area contributed by atoms with E-state index in [-0.39, 0.29) is 5.91 Å². The average Bonchev–Trinajstić information content (AvgIpc) is 3.31. The van der Waals surface area contributed by atoms with Gasteiger partial charge >= 0.3 is 5.97 Å². The molecule has 0 aromatic heterocycles. The summed E-state index contributed by atoms with van der Waals surface area (Å²) in [6.45, 7) is 0. The van der Waals surface area contributed by atoms with Gasteiger partial charge in [0.15, 0.2) is 0 Å². The second kappa shape index (κ2) is 5.89. The van der Waals surface area contributed by atoms with Crippen molar-refractivity contribution in [2.45, 2.75) is 6.42 Å². The number of hydrogen-bond donors (Lipinski definition) is 2. The molecule has 2 N–H and O–H groups in total. The number of aliphatic carboxylic acids is 1. The lowest BCUT2D eigenvalue weighted by Gasteiger charge is -2.07. The lowest BCUT2D eigenvalue weighted by Crippen LogP contribution is -2.16. The summed E-state index contributed by atoms with van der Waals surface area (Å²) in [5.41, 5.74) is 0.626. The molecule has 2 aromatic rings. The first-order valence-corrected chi connectivity index (χ1v) is 7.00. The summed E-state index contributed by atoms with van der Waals surface area (Å²) in [5, 5.41) is 11.5. The second-order valence-electron chi connectivity index (χ2n) is 5.22. The number of carbonyl (C=O) groups excluding carboxylic acids is 1. The number of nitrogens with one attached hydrogen (secondary N) is 1. The summed E-state index contributed by atoms with van der Waals surface area (Å²) in [4.78, 5) is 22.6. The Bertz CT molecular complexity index is 682. The molecule has 5 nitrogen and oxygen atoms in total. The highest BCUT2D eigenvalue weighted by molar-refractivity contribution is 5.98. The fourth-order valence-corrected chi connectivity index (χ4v) is 2.22. The molecule has 0 saturated heterocycles. The van der Waals surface area contributed by atoms with Crippen molar-refractivity contribution in [1.29, 1.82) is 0 Å². The zero-order valence-electron chi connectivity index (χ0n) is 11.7. The highest BCUT2D eigenvalue weighted by atomic mass is 16.5. The third-order valence-electron chi connectivity index (χ3n) is 3.55. The molecule has 0 heterocycles. The van der Waals surface area contributed by atoms with Gasteiger partial charge in [0.25, 0.3) is 0 Å². The number of ether oxygens (including phenoxy) is 1. The quantitative estimate of drug-likeness (QED) is 0.889. The van der Waals surface area contributed by atoms with Crippen LogP contribution < -0.4 is 10.1 Å². The molecule has 2 atom stereocenters. The van der Waals surface area contributed by atoms with Crippen LogP contribution in [0.25, 0.3) is 0 Å². The van der Waals surface area contributed by atoms with E-state index in [1.165, 1.54) is 0 Å². The van der Waals surface area contributed by atoms with Crippen molar-refractivity contribution < 1.29 is 19.4 Å². The van der Waals surface area contributed by atoms with Crippen molar-refractivity contribution in [2.24, 2.45) is 11.8 Å². The van der Waals surface area contributed by atoms with Crippen LogP contribution in [0.1, 0.15) is 6.42 Å². The normalized spacial score (nSPS) is 19.3. The van der Waals surface area contributed by atoms with E-state index in [0.717, 1.165) is 5.75 Å². The molecule has 5 heteroatoms. The fraction of sp³-hybridized carbons (Fsp3) is 0.176. The third-order valence-corrected chi connectivity index (χ3v) is 3.55. The van der Waals surface area contributed by atoms with Crippen LogP contribution in [0.5, 0.6) is 11.5 Å². The van der Waals surface area contributed by atoms with E-state index >= 15 is 0 Å². The zero-order chi connectivity index (χ0) is 15.5. The van der Waals surface area contributed by atoms with E-state index in [2.05, 4.69) is 5.32 Å². The Hall–Kier alpha value is -2.82. The van der Waals surface area contributed by atoms with Gasteiger partial charge in [0, 0.05) is 5.69 Å². The third kappa shape index (κ3) is 3.25. The van der Waals surface area contributed by atoms with E-state index in [1.807, 2.05) is 30.3 Å². The number of hydrogen-bond acceptors (Lipinski definition) is 3. The van der Waals surface area contributed by atoms with Crippen LogP contribution in [-0.4, -0.2) is 17.0 Å². The minimum Gasteiger partial charge on any atom is -0.481 e. The van der Waals surface area contributed by atoms with Crippen LogP contribution in [0.2, 0.25) is 0 Å². The van der Waals surface area contributed by atoms with Gasteiger partial charge in [0.1, 0.15) is 11.5 Å². The van der Waals surface area contributed by atoms with E-state index in [9.17, 15) is 9.59 Å². The number of carboxylic acid groups (broad SMARTS) is 1. The topological polar surface area (TPSA) is 75.6 Å². The Morgan fingerprint density at radius 1 is 0.955 bits per heavy atom. The van der Waals surface area contributed by atoms with Crippen LogP contribution in [-0.2, 0) is 9.59 Å². The highest BCUT2D eigenvalue weighted by Crippen LogP contribution is 2.39. The number of rotatable bonds is 5. The van der Waals surface area contributed by atoms with Crippen LogP contribution in [0.15, 0.2) is 54.6 Å². The number of anilines is 1. The van der Waals surface area contributed by atoms with Crippen molar-refractivity contribution >= 4 is 17.6 Å². The van der Waals surface area contributed by atoms with E-state index in [4.69, 9.17) is 9.84 Å². The van der Waals surface area contributed by atoms with Crippen LogP contribution in [0.4, 0.5) is 5.69 Å². The maximum Gasteiger partial charge on any atom is 0.307 e. The van der Waals surface area contributed by atoms with Gasteiger partial charge in [-0.1, -0.05) is 18.2 Å². The largest absolute Gasteiger partial charge is 0.481 e. The maximum atomic E-state index is 11.9. The Labute approximate surface area is 127 Å². The molecule has 0 bridgehead atoms. The molecule has 1 fully saturated rings. The fourth-order valence-electron chi connectivity index (χ4n) is 2.22. The van der Waals surface area contributed by atoms with Crippen molar-refractivity contribution in [3.05, 3.63) is 54.6 Å². The van der Waals surface area contributed by atoms with Crippen LogP contribution >= 0.6 is 0 Å². The Balaban J connectivity index is 1.58. The Morgan fingerprint density at radius 2 is 1.59 bits per heavy atom. The molecule has 1 amide bonds. The van der Waals surface area contributed by atoms with Crippen molar-refractivity contribution in [2.75, 3.05) is 5.32 Å². The smallest absolute Gasteiger partial charge is 0.307 e. The molecule has 0 aliphatic heterocycles. The van der Waals surface area contributed by atoms with Gasteiger partial charge in [0.05, 0.1) is 11.8 Å². The number of para-hydroxylation sites is 1. The number of carbonyl (C=O) groups is 2. The summed E-state index contributed by atoms with van der Waals surface area (Å²) in [6, 6.07) is 16.4. The monoisotopic (exact) mass is 297 g/mol. The van der Waals surface area contributed by atoms with Crippen molar-refractivity contribution in [1.82, 2.24) is 0 Å². The Morgan fingerprint density at radius 3 is 2.18 bits per heavy atom. The maximum absolute atomic E-state index is 11.9. The van der Waals surface area contributed by atoms with Gasteiger partial charge in [0.2, 0.25) is 5.91 Å². The molecule has 2 aromatic carbocycles. The van der Waals surface area contributed by atoms with Crippen LogP contribution in [0.3, 0.4) is 0 Å². The minimum atomic E-state index is -0.910. The lowest BCUT2D eigenvalue weighted by molar-refractivity contribution is -0.139. The van der Waals surface area contributed by atoms with Gasteiger partial charge in [-0.2, -0.15) is 0 Å². The first-order valence-electron chi connectivity index (χ1n) is 7.00. The summed E-state index contributed by atoms with van der Waals surface area (Å²) in [7, 11) is 0. The minimum absolute atomic E-state index is 0.246. The molecule has 3 rings (SSSR count). The number of amides is 1. The van der Waals surface area contributed by atoms with E-state index < -0.39 is 17.8 Å². The summed E-state index contributed by atoms with van der Waals surface area (Å²) >= 11 is 0. The highest BCUT2D eigenvalue weighted by Gasteiger charge is 2.48. The molecular formula is C17H15NO4. The lowest BCUT2D eigenvalue weighted by atomic mass is 10.2. The summed E-state index contributed by atoms with van der Waals surface area (Å²) in [6.07, 6.45) is 0.413. The van der Waals surface area contributed by atoms with Gasteiger partial charge in [-0.05, 0) is 42.8 Å². The molecule has 112 valence electrons. The first-order chi connectivity index (χ1) is 10.6. The number of carboxylic acids is 1. The predicted octanol–water partition coefficient (Wildman–Crippen LogP) is 3.14. The molecule has 1 aliphatic rings. The standard InChI is InChI=1S/C17H15NO4/c19-16(14-10-15(14)17(20)21)18-11-6-8-13(9-7-11)22-12-4-2-1-3-5-12/h1-9,14-15H,10H2,(H,18,19)(H,20,21)/t14-,15-/m0/s1. The molecule has 0 unspecified atom stereocenters. The molecule has 22 heavy (non-hydrogen) atoms. The van der Waals surface area contributed by atoms with Crippen molar-refractivity contribution in [3.8, 4) is 11.5 Å². The first kappa shape index (κ1) is 14.1. The average molecular weight is 297 g/mol. The van der Waals surface area contributed by atoms with Gasteiger partial charge in [-0.15, -0.1) is 0 Å². The van der Waals surface area contributed by atoms with Gasteiger partial charge in [-0.25, -0.2) is 0 Å². The van der Waals surface area contributed by atoms with Gasteiger partial charge in [-0.3, -0.25) is 9.59 Å². The number of benzene rings is 2. The van der Waals surface area contributed by atoms with E-state index in [0.29, 0.717) is 17.9 Å².